The Hall–Kier alpha value is -3.15. The van der Waals surface area contributed by atoms with Gasteiger partial charge in [-0.1, -0.05) is 12.1 Å². The number of benzene rings is 1. The maximum absolute atomic E-state index is 11.4. The van der Waals surface area contributed by atoms with Crippen LogP contribution < -0.4 is 10.1 Å². The lowest BCUT2D eigenvalue weighted by molar-refractivity contribution is -0.120. The van der Waals surface area contributed by atoms with Crippen LogP contribution >= 0.6 is 0 Å². The number of carbonyl (C=O) groups is 1. The third-order valence-electron chi connectivity index (χ3n) is 3.98. The lowest BCUT2D eigenvalue weighted by Crippen LogP contribution is -2.17. The minimum absolute atomic E-state index is 0.0487. The standard InChI is InChI=1S/C19H20N4O2/c1-20-17(24)8-5-14-3-6-16(7-4-14)23-12-11-22-19(23)15-9-10-21-18(13-15)25-2/h3-4,6-7,9-13H,5,8H2,1-2H3,(H,20,24). The van der Waals surface area contributed by atoms with Gasteiger partial charge >= 0.3 is 0 Å². The molecule has 1 N–H and O–H groups in total. The van der Waals surface area contributed by atoms with E-state index in [2.05, 4.69) is 15.3 Å². The molecule has 0 aliphatic heterocycles. The second-order valence-corrected chi connectivity index (χ2v) is 5.55. The molecule has 0 spiro atoms. The van der Waals surface area contributed by atoms with Crippen molar-refractivity contribution in [3.8, 4) is 23.0 Å². The van der Waals surface area contributed by atoms with Crippen LogP contribution in [0.3, 0.4) is 0 Å². The molecule has 0 saturated carbocycles. The summed E-state index contributed by atoms with van der Waals surface area (Å²) in [6, 6.07) is 11.9. The van der Waals surface area contributed by atoms with E-state index in [1.165, 1.54) is 0 Å². The number of hydrogen-bond donors (Lipinski definition) is 1. The molecule has 0 saturated heterocycles. The quantitative estimate of drug-likeness (QED) is 0.751. The van der Waals surface area contributed by atoms with Gasteiger partial charge in [0.25, 0.3) is 0 Å². The van der Waals surface area contributed by atoms with Crippen LogP contribution in [-0.2, 0) is 11.2 Å². The number of nitrogens with zero attached hydrogens (tertiary/aromatic N) is 3. The highest BCUT2D eigenvalue weighted by atomic mass is 16.5. The molecule has 0 radical (unpaired) electrons. The van der Waals surface area contributed by atoms with E-state index in [1.54, 1.807) is 26.6 Å². The number of carbonyl (C=O) groups excluding carboxylic acids is 1. The third-order valence-corrected chi connectivity index (χ3v) is 3.98. The number of imidazole rings is 1. The van der Waals surface area contributed by atoms with Crippen molar-refractivity contribution in [1.29, 1.82) is 0 Å². The molecule has 25 heavy (non-hydrogen) atoms. The van der Waals surface area contributed by atoms with Crippen molar-refractivity contribution in [3.63, 3.8) is 0 Å². The lowest BCUT2D eigenvalue weighted by Gasteiger charge is -2.10. The minimum atomic E-state index is 0.0487. The molecule has 3 aromatic rings. The molecule has 3 rings (SSSR count). The normalized spacial score (nSPS) is 10.5. The van der Waals surface area contributed by atoms with Crippen LogP contribution in [0.25, 0.3) is 17.1 Å². The van der Waals surface area contributed by atoms with Gasteiger partial charge in [0, 0.05) is 49.4 Å². The van der Waals surface area contributed by atoms with E-state index in [0.717, 1.165) is 29.1 Å². The number of ether oxygens (including phenoxy) is 1. The van der Waals surface area contributed by atoms with Gasteiger partial charge in [-0.3, -0.25) is 9.36 Å². The van der Waals surface area contributed by atoms with Crippen LogP contribution in [0.5, 0.6) is 5.88 Å². The zero-order valence-electron chi connectivity index (χ0n) is 14.3. The third kappa shape index (κ3) is 3.85. The number of aryl methyl sites for hydroxylation is 1. The number of rotatable bonds is 6. The fourth-order valence-corrected chi connectivity index (χ4v) is 2.59. The highest BCUT2D eigenvalue weighted by molar-refractivity contribution is 5.75. The summed E-state index contributed by atoms with van der Waals surface area (Å²) in [7, 11) is 3.25. The molecule has 0 fully saturated rings. The fourth-order valence-electron chi connectivity index (χ4n) is 2.59. The monoisotopic (exact) mass is 336 g/mol. The molecule has 1 amide bonds. The zero-order valence-corrected chi connectivity index (χ0v) is 14.3. The van der Waals surface area contributed by atoms with Gasteiger partial charge in [-0.25, -0.2) is 9.97 Å². The molecule has 0 atom stereocenters. The van der Waals surface area contributed by atoms with Gasteiger partial charge < -0.3 is 10.1 Å². The first kappa shape index (κ1) is 16.7. The van der Waals surface area contributed by atoms with E-state index in [1.807, 2.05) is 47.2 Å². The number of aromatic nitrogens is 3. The van der Waals surface area contributed by atoms with Crippen LogP contribution in [0, 0.1) is 0 Å². The average molecular weight is 336 g/mol. The summed E-state index contributed by atoms with van der Waals surface area (Å²) < 4.78 is 7.20. The molecular weight excluding hydrogens is 316 g/mol. The first-order valence-corrected chi connectivity index (χ1v) is 8.05. The van der Waals surface area contributed by atoms with Crippen molar-refractivity contribution in [2.75, 3.05) is 14.2 Å². The second kappa shape index (κ2) is 7.61. The lowest BCUT2D eigenvalue weighted by atomic mass is 10.1. The molecule has 6 heteroatoms. The van der Waals surface area contributed by atoms with Gasteiger partial charge in [0.15, 0.2) is 0 Å². The van der Waals surface area contributed by atoms with Crippen LogP contribution in [0.4, 0.5) is 0 Å². The van der Waals surface area contributed by atoms with Gasteiger partial charge in [0.2, 0.25) is 11.8 Å². The smallest absolute Gasteiger partial charge is 0.220 e. The van der Waals surface area contributed by atoms with Crippen LogP contribution in [0.1, 0.15) is 12.0 Å². The van der Waals surface area contributed by atoms with E-state index >= 15 is 0 Å². The van der Waals surface area contributed by atoms with Crippen LogP contribution in [0.15, 0.2) is 55.0 Å². The molecule has 128 valence electrons. The molecule has 6 nitrogen and oxygen atoms in total. The molecule has 2 aromatic heterocycles. The molecule has 0 aliphatic carbocycles. The second-order valence-electron chi connectivity index (χ2n) is 5.55. The predicted octanol–water partition coefficient (Wildman–Crippen LogP) is 2.62. The Bertz CT molecular complexity index is 856. The van der Waals surface area contributed by atoms with Crippen molar-refractivity contribution in [3.05, 3.63) is 60.6 Å². The summed E-state index contributed by atoms with van der Waals surface area (Å²) in [5, 5.41) is 2.64. The number of hydrogen-bond acceptors (Lipinski definition) is 4. The maximum atomic E-state index is 11.4. The van der Waals surface area contributed by atoms with Crippen LogP contribution in [0.2, 0.25) is 0 Å². The fraction of sp³-hybridized carbons (Fsp3) is 0.211. The Kier molecular flexibility index (Phi) is 5.09. The van der Waals surface area contributed by atoms with Gasteiger partial charge in [0.05, 0.1) is 7.11 Å². The summed E-state index contributed by atoms with van der Waals surface area (Å²) in [5.74, 6) is 1.42. The predicted molar refractivity (Wildman–Crippen MR) is 95.7 cm³/mol. The first-order chi connectivity index (χ1) is 12.2. The SMILES string of the molecule is CNC(=O)CCc1ccc(-n2ccnc2-c2ccnc(OC)c2)cc1. The topological polar surface area (TPSA) is 69.0 Å². The first-order valence-electron chi connectivity index (χ1n) is 8.05. The van der Waals surface area contributed by atoms with Crippen molar-refractivity contribution >= 4 is 5.91 Å². The Balaban J connectivity index is 1.83. The average Bonchev–Trinajstić information content (AvgIpc) is 3.16. The minimum Gasteiger partial charge on any atom is -0.481 e. The molecule has 0 aliphatic rings. The van der Waals surface area contributed by atoms with Crippen LogP contribution in [-0.4, -0.2) is 34.6 Å². The van der Waals surface area contributed by atoms with Crippen molar-refractivity contribution in [1.82, 2.24) is 19.9 Å². The molecule has 0 unspecified atom stereocenters. The number of nitrogens with one attached hydrogen (secondary N) is 1. The van der Waals surface area contributed by atoms with E-state index in [0.29, 0.717) is 12.3 Å². The van der Waals surface area contributed by atoms with Crippen molar-refractivity contribution in [2.24, 2.45) is 0 Å². The van der Waals surface area contributed by atoms with E-state index in [4.69, 9.17) is 4.74 Å². The zero-order chi connectivity index (χ0) is 17.6. The summed E-state index contributed by atoms with van der Waals surface area (Å²) >= 11 is 0. The maximum Gasteiger partial charge on any atom is 0.220 e. The molecule has 1 aromatic carbocycles. The van der Waals surface area contributed by atoms with Gasteiger partial charge in [-0.05, 0) is 30.2 Å². The van der Waals surface area contributed by atoms with E-state index < -0.39 is 0 Å². The van der Waals surface area contributed by atoms with Gasteiger partial charge in [-0.2, -0.15) is 0 Å². The Morgan fingerprint density at radius 3 is 2.68 bits per heavy atom. The molecule has 0 bridgehead atoms. The summed E-state index contributed by atoms with van der Waals surface area (Å²) in [6.45, 7) is 0. The summed E-state index contributed by atoms with van der Waals surface area (Å²) in [5.41, 5.74) is 3.06. The number of methoxy groups -OCH3 is 1. The van der Waals surface area contributed by atoms with E-state index in [9.17, 15) is 4.79 Å². The molecule has 2 heterocycles. The summed E-state index contributed by atoms with van der Waals surface area (Å²) in [6.07, 6.45) is 6.60. The molecular formula is C19H20N4O2. The largest absolute Gasteiger partial charge is 0.481 e. The summed E-state index contributed by atoms with van der Waals surface area (Å²) in [4.78, 5) is 19.9. The Morgan fingerprint density at radius 1 is 1.16 bits per heavy atom. The Morgan fingerprint density at radius 2 is 1.96 bits per heavy atom. The highest BCUT2D eigenvalue weighted by Crippen LogP contribution is 2.24. The number of pyridine rings is 1. The number of amides is 1. The van der Waals surface area contributed by atoms with Gasteiger partial charge in [0.1, 0.15) is 5.82 Å². The van der Waals surface area contributed by atoms with E-state index in [-0.39, 0.29) is 5.91 Å². The van der Waals surface area contributed by atoms with Gasteiger partial charge in [-0.15, -0.1) is 0 Å². The Labute approximate surface area is 146 Å². The van der Waals surface area contributed by atoms with Crippen molar-refractivity contribution in [2.45, 2.75) is 12.8 Å². The van der Waals surface area contributed by atoms with Crippen molar-refractivity contribution < 1.29 is 9.53 Å². The highest BCUT2D eigenvalue weighted by Gasteiger charge is 2.09.